The predicted octanol–water partition coefficient (Wildman–Crippen LogP) is 0.524. The minimum atomic E-state index is -0.662. The average molecular weight is 275 g/mol. The molecule has 106 valence electrons. The van der Waals surface area contributed by atoms with Crippen molar-refractivity contribution in [3.05, 3.63) is 29.3 Å². The van der Waals surface area contributed by atoms with E-state index in [9.17, 15) is 14.4 Å². The quantitative estimate of drug-likeness (QED) is 0.771. The summed E-state index contributed by atoms with van der Waals surface area (Å²) >= 11 is 0. The number of hydrogen-bond donors (Lipinski definition) is 2. The van der Waals surface area contributed by atoms with Gasteiger partial charge in [0.1, 0.15) is 12.6 Å². The fourth-order valence-corrected chi connectivity index (χ4v) is 2.17. The van der Waals surface area contributed by atoms with Gasteiger partial charge in [-0.15, -0.1) is 0 Å². The number of nitrogens with zero attached hydrogens (tertiary/aromatic N) is 1. The molecule has 3 amide bonds. The van der Waals surface area contributed by atoms with E-state index in [1.807, 2.05) is 13.0 Å². The van der Waals surface area contributed by atoms with Crippen LogP contribution in [-0.2, 0) is 9.59 Å². The van der Waals surface area contributed by atoms with Crippen LogP contribution in [0.3, 0.4) is 0 Å². The van der Waals surface area contributed by atoms with Gasteiger partial charge in [-0.25, -0.2) is 0 Å². The molecule has 6 nitrogen and oxygen atoms in total. The summed E-state index contributed by atoms with van der Waals surface area (Å²) in [5, 5.41) is 5.17. The molecule has 1 aromatic rings. The number of carbonyl (C=O) groups excluding carboxylic acids is 3. The predicted molar refractivity (Wildman–Crippen MR) is 74.4 cm³/mol. The van der Waals surface area contributed by atoms with Crippen LogP contribution in [0.5, 0.6) is 0 Å². The van der Waals surface area contributed by atoms with Gasteiger partial charge in [0.25, 0.3) is 5.91 Å². The molecular formula is C14H17N3O3. The van der Waals surface area contributed by atoms with Gasteiger partial charge in [0, 0.05) is 12.7 Å². The Morgan fingerprint density at radius 2 is 2.10 bits per heavy atom. The standard InChI is InChI=1S/C14H17N3O3/c1-8-4-5-11(15-3)10(6-8)14(20)17-7-12(18)16-13(19)9(17)2/h4-6,9,15H,7H2,1-3H3,(H,16,18,19). The maximum Gasteiger partial charge on any atom is 0.257 e. The number of rotatable bonds is 2. The second kappa shape index (κ2) is 5.32. The van der Waals surface area contributed by atoms with Crippen molar-refractivity contribution in [3.63, 3.8) is 0 Å². The molecule has 1 saturated heterocycles. The van der Waals surface area contributed by atoms with E-state index in [4.69, 9.17) is 0 Å². The summed E-state index contributed by atoms with van der Waals surface area (Å²) in [4.78, 5) is 37.0. The third-order valence-electron chi connectivity index (χ3n) is 3.36. The molecule has 0 aromatic heterocycles. The monoisotopic (exact) mass is 275 g/mol. The largest absolute Gasteiger partial charge is 0.387 e. The van der Waals surface area contributed by atoms with Crippen LogP contribution >= 0.6 is 0 Å². The summed E-state index contributed by atoms with van der Waals surface area (Å²) in [6.07, 6.45) is 0. The first kappa shape index (κ1) is 14.0. The molecule has 1 fully saturated rings. The number of aryl methyl sites for hydroxylation is 1. The summed E-state index contributed by atoms with van der Waals surface area (Å²) in [5.41, 5.74) is 2.07. The highest BCUT2D eigenvalue weighted by atomic mass is 16.2. The van der Waals surface area contributed by atoms with Gasteiger partial charge in [0.05, 0.1) is 5.56 Å². The zero-order valence-corrected chi connectivity index (χ0v) is 11.7. The highest BCUT2D eigenvalue weighted by Crippen LogP contribution is 2.20. The Kier molecular flexibility index (Phi) is 3.74. The van der Waals surface area contributed by atoms with Crippen LogP contribution in [0.25, 0.3) is 0 Å². The molecule has 1 aromatic carbocycles. The van der Waals surface area contributed by atoms with Crippen LogP contribution < -0.4 is 10.6 Å². The number of hydrogen-bond acceptors (Lipinski definition) is 4. The van der Waals surface area contributed by atoms with Crippen molar-refractivity contribution >= 4 is 23.4 Å². The first-order valence-electron chi connectivity index (χ1n) is 6.37. The number of piperazine rings is 1. The first-order chi connectivity index (χ1) is 9.43. The van der Waals surface area contributed by atoms with Gasteiger partial charge in [-0.1, -0.05) is 11.6 Å². The molecule has 2 N–H and O–H groups in total. The Bertz CT molecular complexity index is 583. The molecule has 1 aliphatic heterocycles. The van der Waals surface area contributed by atoms with Gasteiger partial charge in [-0.05, 0) is 26.0 Å². The van der Waals surface area contributed by atoms with Gasteiger partial charge in [-0.2, -0.15) is 0 Å². The summed E-state index contributed by atoms with van der Waals surface area (Å²) in [6.45, 7) is 3.38. The number of anilines is 1. The minimum Gasteiger partial charge on any atom is -0.387 e. The summed E-state index contributed by atoms with van der Waals surface area (Å²) in [6, 6.07) is 4.78. The lowest BCUT2D eigenvalue weighted by molar-refractivity contribution is -0.138. The smallest absolute Gasteiger partial charge is 0.257 e. The lowest BCUT2D eigenvalue weighted by atomic mass is 10.1. The van der Waals surface area contributed by atoms with E-state index >= 15 is 0 Å². The number of benzene rings is 1. The van der Waals surface area contributed by atoms with Crippen molar-refractivity contribution in [1.82, 2.24) is 10.2 Å². The van der Waals surface area contributed by atoms with Crippen LogP contribution in [0.1, 0.15) is 22.8 Å². The van der Waals surface area contributed by atoms with Gasteiger partial charge in [-0.3, -0.25) is 19.7 Å². The highest BCUT2D eigenvalue weighted by molar-refractivity contribution is 6.08. The maximum absolute atomic E-state index is 12.6. The van der Waals surface area contributed by atoms with Crippen molar-refractivity contribution in [3.8, 4) is 0 Å². The van der Waals surface area contributed by atoms with E-state index in [1.54, 1.807) is 26.1 Å². The molecule has 0 spiro atoms. The van der Waals surface area contributed by atoms with E-state index in [-0.39, 0.29) is 12.5 Å². The van der Waals surface area contributed by atoms with E-state index in [2.05, 4.69) is 10.6 Å². The molecule has 1 unspecified atom stereocenters. The molecule has 1 heterocycles. The van der Waals surface area contributed by atoms with E-state index in [0.29, 0.717) is 11.3 Å². The van der Waals surface area contributed by atoms with Gasteiger partial charge >= 0.3 is 0 Å². The Labute approximate surface area is 117 Å². The van der Waals surface area contributed by atoms with Crippen LogP contribution in [0.15, 0.2) is 18.2 Å². The molecule has 2 rings (SSSR count). The Morgan fingerprint density at radius 1 is 1.40 bits per heavy atom. The number of nitrogens with one attached hydrogen (secondary N) is 2. The van der Waals surface area contributed by atoms with Crippen molar-refractivity contribution in [1.29, 1.82) is 0 Å². The molecule has 20 heavy (non-hydrogen) atoms. The van der Waals surface area contributed by atoms with Crippen LogP contribution in [0, 0.1) is 6.92 Å². The van der Waals surface area contributed by atoms with E-state index < -0.39 is 17.9 Å². The lowest BCUT2D eigenvalue weighted by Crippen LogP contribution is -2.58. The second-order valence-electron chi connectivity index (χ2n) is 4.82. The van der Waals surface area contributed by atoms with Crippen molar-refractivity contribution in [2.75, 3.05) is 18.9 Å². The Hall–Kier alpha value is -2.37. The van der Waals surface area contributed by atoms with Crippen molar-refractivity contribution in [2.24, 2.45) is 0 Å². The van der Waals surface area contributed by atoms with Gasteiger partial charge in [0.15, 0.2) is 0 Å². The van der Waals surface area contributed by atoms with Crippen molar-refractivity contribution < 1.29 is 14.4 Å². The van der Waals surface area contributed by atoms with Gasteiger partial charge < -0.3 is 10.2 Å². The topological polar surface area (TPSA) is 78.5 Å². The van der Waals surface area contributed by atoms with E-state index in [0.717, 1.165) is 5.56 Å². The minimum absolute atomic E-state index is 0.108. The molecule has 1 atom stereocenters. The SMILES string of the molecule is CNc1ccc(C)cc1C(=O)N1CC(=O)NC(=O)C1C. The third-order valence-corrected chi connectivity index (χ3v) is 3.36. The normalized spacial score (nSPS) is 18.8. The lowest BCUT2D eigenvalue weighted by Gasteiger charge is -2.32. The van der Waals surface area contributed by atoms with Crippen molar-refractivity contribution in [2.45, 2.75) is 19.9 Å². The summed E-state index contributed by atoms with van der Waals surface area (Å²) in [5.74, 6) is -1.23. The fourth-order valence-electron chi connectivity index (χ4n) is 2.17. The average Bonchev–Trinajstić information content (AvgIpc) is 2.42. The molecule has 0 radical (unpaired) electrons. The fraction of sp³-hybridized carbons (Fsp3) is 0.357. The maximum atomic E-state index is 12.6. The summed E-state index contributed by atoms with van der Waals surface area (Å²) in [7, 11) is 1.72. The van der Waals surface area contributed by atoms with Crippen LogP contribution in [0.2, 0.25) is 0 Å². The number of imide groups is 1. The van der Waals surface area contributed by atoms with Gasteiger partial charge in [0.2, 0.25) is 11.8 Å². The second-order valence-corrected chi connectivity index (χ2v) is 4.82. The molecule has 1 aliphatic rings. The molecular weight excluding hydrogens is 258 g/mol. The number of carbonyl (C=O) groups is 3. The summed E-state index contributed by atoms with van der Waals surface area (Å²) < 4.78 is 0. The number of amides is 3. The zero-order chi connectivity index (χ0) is 14.9. The molecule has 6 heteroatoms. The van der Waals surface area contributed by atoms with Crippen LogP contribution in [0.4, 0.5) is 5.69 Å². The Morgan fingerprint density at radius 3 is 2.75 bits per heavy atom. The van der Waals surface area contributed by atoms with E-state index in [1.165, 1.54) is 4.90 Å². The van der Waals surface area contributed by atoms with Crippen LogP contribution in [-0.4, -0.2) is 42.3 Å². The highest BCUT2D eigenvalue weighted by Gasteiger charge is 2.34. The Balaban J connectivity index is 2.37. The first-order valence-corrected chi connectivity index (χ1v) is 6.37. The molecule has 0 saturated carbocycles. The molecule has 0 bridgehead atoms. The third kappa shape index (κ3) is 2.49. The molecule has 0 aliphatic carbocycles. The zero-order valence-electron chi connectivity index (χ0n) is 11.7.